The van der Waals surface area contributed by atoms with Crippen LogP contribution in [0.2, 0.25) is 0 Å². The lowest BCUT2D eigenvalue weighted by Crippen LogP contribution is -2.47. The van der Waals surface area contributed by atoms with Crippen LogP contribution < -0.4 is 14.8 Å². The predicted octanol–water partition coefficient (Wildman–Crippen LogP) is 2.47. The first-order chi connectivity index (χ1) is 12.0. The number of rotatable bonds is 5. The SMILES string of the molecule is COc1cc2c(cc1OC)C(=O)[C@](F)(C(=O)NCc1ccccc1)C2. The number of fused-ring (bicyclic) bond motifs is 1. The van der Waals surface area contributed by atoms with E-state index in [9.17, 15) is 9.59 Å². The van der Waals surface area contributed by atoms with Crippen molar-refractivity contribution in [2.45, 2.75) is 18.6 Å². The molecule has 0 aliphatic heterocycles. The van der Waals surface area contributed by atoms with Crippen molar-refractivity contribution in [1.82, 2.24) is 5.32 Å². The molecule has 0 spiro atoms. The average molecular weight is 343 g/mol. The molecule has 2 aromatic carbocycles. The van der Waals surface area contributed by atoms with Crippen molar-refractivity contribution in [2.24, 2.45) is 0 Å². The molecule has 0 saturated carbocycles. The fourth-order valence-electron chi connectivity index (χ4n) is 2.94. The van der Waals surface area contributed by atoms with E-state index in [0.29, 0.717) is 17.1 Å². The van der Waals surface area contributed by atoms with Gasteiger partial charge in [-0.1, -0.05) is 30.3 Å². The van der Waals surface area contributed by atoms with Gasteiger partial charge >= 0.3 is 0 Å². The summed E-state index contributed by atoms with van der Waals surface area (Å²) in [6.45, 7) is 0.154. The van der Waals surface area contributed by atoms with Crippen LogP contribution in [-0.4, -0.2) is 31.6 Å². The molecule has 130 valence electrons. The van der Waals surface area contributed by atoms with Crippen LogP contribution in [0.1, 0.15) is 21.5 Å². The van der Waals surface area contributed by atoms with Crippen LogP contribution in [0.4, 0.5) is 4.39 Å². The molecule has 0 fully saturated rings. The van der Waals surface area contributed by atoms with Gasteiger partial charge in [0.1, 0.15) is 0 Å². The zero-order valence-corrected chi connectivity index (χ0v) is 14.0. The van der Waals surface area contributed by atoms with Gasteiger partial charge in [-0.2, -0.15) is 0 Å². The van der Waals surface area contributed by atoms with Crippen molar-refractivity contribution in [1.29, 1.82) is 0 Å². The van der Waals surface area contributed by atoms with Gasteiger partial charge in [0.05, 0.1) is 14.2 Å². The van der Waals surface area contributed by atoms with Crippen LogP contribution in [0.5, 0.6) is 11.5 Å². The Labute approximate surface area is 144 Å². The molecular formula is C19H18FNO4. The molecule has 1 N–H and O–H groups in total. The lowest BCUT2D eigenvalue weighted by atomic mass is 10.00. The number of carbonyl (C=O) groups is 2. The van der Waals surface area contributed by atoms with Gasteiger partial charge in [0.15, 0.2) is 11.5 Å². The predicted molar refractivity (Wildman–Crippen MR) is 89.7 cm³/mol. The monoisotopic (exact) mass is 343 g/mol. The number of ether oxygens (including phenoxy) is 2. The maximum Gasteiger partial charge on any atom is 0.266 e. The van der Waals surface area contributed by atoms with Crippen molar-refractivity contribution in [3.8, 4) is 11.5 Å². The van der Waals surface area contributed by atoms with E-state index >= 15 is 4.39 Å². The normalized spacial score (nSPS) is 18.6. The number of halogens is 1. The summed E-state index contributed by atoms with van der Waals surface area (Å²) < 4.78 is 25.5. The number of ketones is 1. The molecule has 0 saturated heterocycles. The summed E-state index contributed by atoms with van der Waals surface area (Å²) >= 11 is 0. The highest BCUT2D eigenvalue weighted by Gasteiger charge is 2.52. The molecule has 1 amide bonds. The van der Waals surface area contributed by atoms with E-state index < -0.39 is 17.4 Å². The third kappa shape index (κ3) is 2.95. The van der Waals surface area contributed by atoms with Crippen LogP contribution in [0, 0.1) is 0 Å². The Morgan fingerprint density at radius 2 is 1.80 bits per heavy atom. The molecule has 0 aromatic heterocycles. The Balaban J connectivity index is 1.82. The minimum atomic E-state index is -2.62. The smallest absolute Gasteiger partial charge is 0.266 e. The minimum Gasteiger partial charge on any atom is -0.493 e. The van der Waals surface area contributed by atoms with E-state index in [0.717, 1.165) is 5.56 Å². The molecule has 0 bridgehead atoms. The van der Waals surface area contributed by atoms with Crippen molar-refractivity contribution in [3.05, 3.63) is 59.2 Å². The molecular weight excluding hydrogens is 325 g/mol. The van der Waals surface area contributed by atoms with E-state index in [1.165, 1.54) is 26.4 Å². The highest BCUT2D eigenvalue weighted by Crippen LogP contribution is 2.40. The number of hydrogen-bond acceptors (Lipinski definition) is 4. The van der Waals surface area contributed by atoms with E-state index in [1.807, 2.05) is 30.3 Å². The zero-order chi connectivity index (χ0) is 18.0. The Bertz CT molecular complexity index is 822. The number of benzene rings is 2. The molecule has 2 aromatic rings. The molecule has 1 aliphatic rings. The molecule has 5 nitrogen and oxygen atoms in total. The van der Waals surface area contributed by atoms with Gasteiger partial charge in [0, 0.05) is 18.5 Å². The van der Waals surface area contributed by atoms with Gasteiger partial charge in [0.25, 0.3) is 11.6 Å². The quantitative estimate of drug-likeness (QED) is 0.847. The Kier molecular flexibility index (Phi) is 4.44. The number of carbonyl (C=O) groups excluding carboxylic acids is 2. The van der Waals surface area contributed by atoms with E-state index in [1.54, 1.807) is 0 Å². The Morgan fingerprint density at radius 1 is 1.16 bits per heavy atom. The average Bonchev–Trinajstić information content (AvgIpc) is 2.90. The summed E-state index contributed by atoms with van der Waals surface area (Å²) in [6.07, 6.45) is -0.317. The van der Waals surface area contributed by atoms with Crippen molar-refractivity contribution in [3.63, 3.8) is 0 Å². The summed E-state index contributed by atoms with van der Waals surface area (Å²) in [5.74, 6) is -1.07. The molecule has 3 rings (SSSR count). The van der Waals surface area contributed by atoms with Gasteiger partial charge in [-0.25, -0.2) is 4.39 Å². The molecule has 0 unspecified atom stereocenters. The highest BCUT2D eigenvalue weighted by atomic mass is 19.1. The Morgan fingerprint density at radius 3 is 2.44 bits per heavy atom. The standard InChI is InChI=1S/C19H18FNO4/c1-24-15-8-13-10-19(20,17(22)14(13)9-16(15)25-2)18(23)21-11-12-6-4-3-5-7-12/h3-9H,10-11H2,1-2H3,(H,21,23)/t19-/m0/s1. The first-order valence-electron chi connectivity index (χ1n) is 7.80. The first-order valence-corrected chi connectivity index (χ1v) is 7.80. The molecule has 0 heterocycles. The number of Topliss-reactive ketones (excluding diaryl/α,β-unsaturated/α-hetero) is 1. The fourth-order valence-corrected chi connectivity index (χ4v) is 2.94. The van der Waals surface area contributed by atoms with Gasteiger partial charge < -0.3 is 14.8 Å². The minimum absolute atomic E-state index is 0.148. The Hall–Kier alpha value is -2.89. The molecule has 1 atom stereocenters. The van der Waals surface area contributed by atoms with E-state index in [2.05, 4.69) is 5.32 Å². The number of methoxy groups -OCH3 is 2. The summed E-state index contributed by atoms with van der Waals surface area (Å²) in [5.41, 5.74) is -1.21. The summed E-state index contributed by atoms with van der Waals surface area (Å²) in [6, 6.07) is 12.1. The second kappa shape index (κ2) is 6.55. The van der Waals surface area contributed by atoms with Gasteiger partial charge in [0.2, 0.25) is 5.78 Å². The third-order valence-corrected chi connectivity index (χ3v) is 4.30. The second-order valence-electron chi connectivity index (χ2n) is 5.84. The zero-order valence-electron chi connectivity index (χ0n) is 14.0. The maximum atomic E-state index is 15.2. The third-order valence-electron chi connectivity index (χ3n) is 4.30. The molecule has 0 radical (unpaired) electrons. The van der Waals surface area contributed by atoms with Gasteiger partial charge in [-0.3, -0.25) is 9.59 Å². The topological polar surface area (TPSA) is 64.6 Å². The van der Waals surface area contributed by atoms with Crippen LogP contribution in [0.3, 0.4) is 0 Å². The molecule has 1 aliphatic carbocycles. The van der Waals surface area contributed by atoms with Crippen LogP contribution in [0.15, 0.2) is 42.5 Å². The first kappa shape index (κ1) is 17.0. The van der Waals surface area contributed by atoms with Crippen LogP contribution in [-0.2, 0) is 17.8 Å². The number of nitrogens with one attached hydrogen (secondary N) is 1. The summed E-state index contributed by atoms with van der Waals surface area (Å²) in [4.78, 5) is 24.9. The van der Waals surface area contributed by atoms with Crippen LogP contribution >= 0.6 is 0 Å². The van der Waals surface area contributed by atoms with Crippen molar-refractivity contribution >= 4 is 11.7 Å². The second-order valence-corrected chi connectivity index (χ2v) is 5.84. The molecule has 6 heteroatoms. The van der Waals surface area contributed by atoms with Crippen molar-refractivity contribution < 1.29 is 23.5 Å². The number of alkyl halides is 1. The fraction of sp³-hybridized carbons (Fsp3) is 0.263. The van der Waals surface area contributed by atoms with Gasteiger partial charge in [-0.15, -0.1) is 0 Å². The van der Waals surface area contributed by atoms with Crippen LogP contribution in [0.25, 0.3) is 0 Å². The number of hydrogen-bond donors (Lipinski definition) is 1. The largest absolute Gasteiger partial charge is 0.493 e. The van der Waals surface area contributed by atoms with E-state index in [-0.39, 0.29) is 18.5 Å². The maximum absolute atomic E-state index is 15.2. The number of amides is 1. The highest BCUT2D eigenvalue weighted by molar-refractivity contribution is 6.20. The molecule has 25 heavy (non-hydrogen) atoms. The van der Waals surface area contributed by atoms with Crippen molar-refractivity contribution in [2.75, 3.05) is 14.2 Å². The summed E-state index contributed by atoms with van der Waals surface area (Å²) in [7, 11) is 2.88. The lowest BCUT2D eigenvalue weighted by molar-refractivity contribution is -0.129. The van der Waals surface area contributed by atoms with E-state index in [4.69, 9.17) is 9.47 Å². The summed E-state index contributed by atoms with van der Waals surface area (Å²) in [5, 5.41) is 2.51. The van der Waals surface area contributed by atoms with Gasteiger partial charge in [-0.05, 0) is 23.3 Å². The lowest BCUT2D eigenvalue weighted by Gasteiger charge is -2.17.